The predicted molar refractivity (Wildman–Crippen MR) is 38.5 cm³/mol. The number of nitrogens with zero attached hydrogens (tertiary/aromatic N) is 1. The molecule has 0 unspecified atom stereocenters. The van der Waals surface area contributed by atoms with Gasteiger partial charge in [0.05, 0.1) is 11.4 Å². The van der Waals surface area contributed by atoms with Crippen molar-refractivity contribution in [1.29, 1.82) is 0 Å². The van der Waals surface area contributed by atoms with E-state index in [-0.39, 0.29) is 0 Å². The van der Waals surface area contributed by atoms with Gasteiger partial charge in [-0.15, -0.1) is 0 Å². The lowest BCUT2D eigenvalue weighted by atomic mass is 10.4. The Hall–Kier alpha value is -1.10. The molecule has 54 valence electrons. The third kappa shape index (κ3) is 1.44. The maximum Gasteiger partial charge on any atom is 0.409 e. The monoisotopic (exact) mass is 158 g/mol. The highest BCUT2D eigenvalue weighted by atomic mass is 32.1. The van der Waals surface area contributed by atoms with Gasteiger partial charge in [0.2, 0.25) is 0 Å². The Kier molecular flexibility index (Phi) is 1.86. The zero-order chi connectivity index (χ0) is 7.56. The first kappa shape index (κ1) is 7.01. The Morgan fingerprint density at radius 2 is 2.60 bits per heavy atom. The maximum absolute atomic E-state index is 10.1. The molecule has 10 heavy (non-hydrogen) atoms. The number of amides is 1. The van der Waals surface area contributed by atoms with Gasteiger partial charge in [-0.1, -0.05) is 0 Å². The molecule has 0 saturated heterocycles. The quantitative estimate of drug-likeness (QED) is 0.651. The van der Waals surface area contributed by atoms with Crippen LogP contribution in [0.4, 0.5) is 10.5 Å². The summed E-state index contributed by atoms with van der Waals surface area (Å²) in [4.78, 5) is 10.1. The van der Waals surface area contributed by atoms with Gasteiger partial charge in [0.25, 0.3) is 0 Å². The average Bonchev–Trinajstić information content (AvgIpc) is 2.15. The van der Waals surface area contributed by atoms with Crippen LogP contribution in [0, 0.1) is 6.92 Å². The summed E-state index contributed by atoms with van der Waals surface area (Å²) in [6.07, 6.45) is -1.05. The van der Waals surface area contributed by atoms with Crippen molar-refractivity contribution >= 4 is 23.3 Å². The second-order valence-corrected chi connectivity index (χ2v) is 2.37. The molecule has 0 aliphatic heterocycles. The van der Waals surface area contributed by atoms with E-state index >= 15 is 0 Å². The van der Waals surface area contributed by atoms with E-state index in [1.54, 1.807) is 12.3 Å². The number of aromatic nitrogens is 1. The smallest absolute Gasteiger partial charge is 0.409 e. The fourth-order valence-corrected chi connectivity index (χ4v) is 1.17. The van der Waals surface area contributed by atoms with Gasteiger partial charge in [0.1, 0.15) is 0 Å². The summed E-state index contributed by atoms with van der Waals surface area (Å²) in [5, 5.41) is 12.1. The Bertz CT molecular complexity index is 246. The molecule has 0 aliphatic rings. The van der Waals surface area contributed by atoms with Crippen LogP contribution in [-0.2, 0) is 0 Å². The topological polar surface area (TPSA) is 62.2 Å². The van der Waals surface area contributed by atoms with E-state index in [1.165, 1.54) is 11.5 Å². The summed E-state index contributed by atoms with van der Waals surface area (Å²) < 4.78 is 3.89. The van der Waals surface area contributed by atoms with Crippen LogP contribution in [0.25, 0.3) is 0 Å². The van der Waals surface area contributed by atoms with E-state index in [0.29, 0.717) is 11.4 Å². The highest BCUT2D eigenvalue weighted by Crippen LogP contribution is 2.14. The van der Waals surface area contributed by atoms with Crippen molar-refractivity contribution in [2.45, 2.75) is 6.92 Å². The number of nitrogens with one attached hydrogen (secondary N) is 1. The Morgan fingerprint density at radius 1 is 1.90 bits per heavy atom. The first-order valence-electron chi connectivity index (χ1n) is 2.61. The molecule has 4 nitrogen and oxygen atoms in total. The Balaban J connectivity index is 2.74. The lowest BCUT2D eigenvalue weighted by molar-refractivity contribution is 0.209. The van der Waals surface area contributed by atoms with Crippen LogP contribution in [0.1, 0.15) is 5.69 Å². The number of hydrogen-bond acceptors (Lipinski definition) is 3. The lowest BCUT2D eigenvalue weighted by Crippen LogP contribution is -2.07. The molecule has 0 bridgehead atoms. The average molecular weight is 158 g/mol. The molecule has 0 spiro atoms. The van der Waals surface area contributed by atoms with E-state index < -0.39 is 6.09 Å². The number of rotatable bonds is 1. The molecule has 5 heteroatoms. The summed E-state index contributed by atoms with van der Waals surface area (Å²) in [6, 6.07) is 0. The number of aryl methyl sites for hydroxylation is 1. The van der Waals surface area contributed by atoms with Gasteiger partial charge in [-0.05, 0) is 18.5 Å². The third-order valence-electron chi connectivity index (χ3n) is 0.992. The Labute approximate surface area is 61.7 Å². The number of carbonyl (C=O) groups is 1. The van der Waals surface area contributed by atoms with Crippen LogP contribution in [0.5, 0.6) is 0 Å². The second-order valence-electron chi connectivity index (χ2n) is 1.74. The fourth-order valence-electron chi connectivity index (χ4n) is 0.528. The van der Waals surface area contributed by atoms with Gasteiger partial charge >= 0.3 is 6.09 Å². The van der Waals surface area contributed by atoms with Crippen LogP contribution in [0.15, 0.2) is 5.38 Å². The molecule has 0 fully saturated rings. The normalized spacial score (nSPS) is 9.30. The largest absolute Gasteiger partial charge is 0.465 e. The minimum Gasteiger partial charge on any atom is -0.465 e. The molecule has 0 saturated carbocycles. The molecule has 1 heterocycles. The van der Waals surface area contributed by atoms with Crippen molar-refractivity contribution in [2.75, 3.05) is 5.32 Å². The van der Waals surface area contributed by atoms with E-state index in [1.807, 2.05) is 0 Å². The minimum atomic E-state index is -1.05. The standard InChI is InChI=1S/C5H6N2O2S/c1-3-4(2-10-7-3)6-5(8)9/h2,6H,1H3,(H,8,9). The summed E-state index contributed by atoms with van der Waals surface area (Å²) in [5.74, 6) is 0. The van der Waals surface area contributed by atoms with Crippen LogP contribution >= 0.6 is 11.5 Å². The van der Waals surface area contributed by atoms with Crippen molar-refractivity contribution in [2.24, 2.45) is 0 Å². The van der Waals surface area contributed by atoms with E-state index in [9.17, 15) is 4.79 Å². The van der Waals surface area contributed by atoms with Gasteiger partial charge < -0.3 is 5.11 Å². The maximum atomic E-state index is 10.1. The summed E-state index contributed by atoms with van der Waals surface area (Å²) in [6.45, 7) is 1.75. The zero-order valence-corrected chi connectivity index (χ0v) is 6.10. The van der Waals surface area contributed by atoms with E-state index in [0.717, 1.165) is 0 Å². The molecule has 0 atom stereocenters. The lowest BCUT2D eigenvalue weighted by Gasteiger charge is -1.94. The van der Waals surface area contributed by atoms with Crippen LogP contribution < -0.4 is 5.32 Å². The van der Waals surface area contributed by atoms with Gasteiger partial charge in [-0.3, -0.25) is 5.32 Å². The van der Waals surface area contributed by atoms with Crippen molar-refractivity contribution in [1.82, 2.24) is 4.37 Å². The SMILES string of the molecule is Cc1nscc1NC(=O)O. The Morgan fingerprint density at radius 3 is 3.00 bits per heavy atom. The van der Waals surface area contributed by atoms with Gasteiger partial charge in [-0.25, -0.2) is 4.79 Å². The van der Waals surface area contributed by atoms with Crippen molar-refractivity contribution in [3.63, 3.8) is 0 Å². The molecule has 1 aromatic heterocycles. The molecule has 2 N–H and O–H groups in total. The molecule has 0 radical (unpaired) electrons. The van der Waals surface area contributed by atoms with Crippen LogP contribution in [-0.4, -0.2) is 15.6 Å². The van der Waals surface area contributed by atoms with Crippen LogP contribution in [0.3, 0.4) is 0 Å². The molecular formula is C5H6N2O2S. The van der Waals surface area contributed by atoms with E-state index in [4.69, 9.17) is 5.11 Å². The summed E-state index contributed by atoms with van der Waals surface area (Å²) in [7, 11) is 0. The highest BCUT2D eigenvalue weighted by molar-refractivity contribution is 7.04. The molecule has 1 aromatic rings. The second kappa shape index (κ2) is 2.66. The molecule has 0 aromatic carbocycles. The number of hydrogen-bond donors (Lipinski definition) is 2. The van der Waals surface area contributed by atoms with Crippen molar-refractivity contribution < 1.29 is 9.90 Å². The van der Waals surface area contributed by atoms with Crippen LogP contribution in [0.2, 0.25) is 0 Å². The fraction of sp³-hybridized carbons (Fsp3) is 0.200. The zero-order valence-electron chi connectivity index (χ0n) is 5.29. The molecule has 1 amide bonds. The number of carboxylic acid groups (broad SMARTS) is 1. The van der Waals surface area contributed by atoms with Gasteiger partial charge in [0.15, 0.2) is 0 Å². The first-order chi connectivity index (χ1) is 4.70. The van der Waals surface area contributed by atoms with Crippen molar-refractivity contribution in [3.05, 3.63) is 11.1 Å². The molecule has 1 rings (SSSR count). The van der Waals surface area contributed by atoms with Gasteiger partial charge in [0, 0.05) is 5.38 Å². The van der Waals surface area contributed by atoms with E-state index in [2.05, 4.69) is 9.69 Å². The summed E-state index contributed by atoms with van der Waals surface area (Å²) >= 11 is 1.23. The predicted octanol–water partition coefficient (Wildman–Crippen LogP) is 1.54. The minimum absolute atomic E-state index is 0.567. The first-order valence-corrected chi connectivity index (χ1v) is 3.44. The third-order valence-corrected chi connectivity index (χ3v) is 1.71. The molecule has 0 aliphatic carbocycles. The number of anilines is 1. The van der Waals surface area contributed by atoms with Gasteiger partial charge in [-0.2, -0.15) is 4.37 Å². The summed E-state index contributed by atoms with van der Waals surface area (Å²) in [5.41, 5.74) is 1.28. The van der Waals surface area contributed by atoms with Crippen molar-refractivity contribution in [3.8, 4) is 0 Å². The molecular weight excluding hydrogens is 152 g/mol. The highest BCUT2D eigenvalue weighted by Gasteiger charge is 2.02.